The first kappa shape index (κ1) is 12.5. The topological polar surface area (TPSA) is 3.24 Å². The summed E-state index contributed by atoms with van der Waals surface area (Å²) in [6, 6.07) is 0. The highest BCUT2D eigenvalue weighted by Gasteiger charge is 2.00. The maximum absolute atomic E-state index is 5.63. The van der Waals surface area contributed by atoms with Crippen LogP contribution in [0.2, 0.25) is 0 Å². The monoisotopic (exact) mass is 191 g/mol. The van der Waals surface area contributed by atoms with E-state index in [1.165, 1.54) is 0 Å². The van der Waals surface area contributed by atoms with Crippen LogP contribution in [0.1, 0.15) is 13.8 Å². The van der Waals surface area contributed by atoms with E-state index in [9.17, 15) is 0 Å². The van der Waals surface area contributed by atoms with Gasteiger partial charge in [0.05, 0.1) is 0 Å². The minimum absolute atomic E-state index is 0. The Hall–Kier alpha value is 0.830. The largest absolute Gasteiger partial charge is 0.219 e. The molecule has 0 aromatic carbocycles. The Kier molecular flexibility index (Phi) is 9.64. The van der Waals surface area contributed by atoms with Crippen LogP contribution in [0.15, 0.2) is 0 Å². The van der Waals surface area contributed by atoms with Gasteiger partial charge in [-0.25, -0.2) is 4.42 Å². The van der Waals surface area contributed by atoms with Crippen molar-refractivity contribution in [3.8, 4) is 0 Å². The molecule has 0 aliphatic rings. The summed E-state index contributed by atoms with van der Waals surface area (Å²) < 4.78 is 1.66. The first-order valence-electron chi connectivity index (χ1n) is 2.71. The molecule has 0 aromatic heterocycles. The van der Waals surface area contributed by atoms with Crippen molar-refractivity contribution in [1.29, 1.82) is 0 Å². The lowest BCUT2D eigenvalue weighted by Gasteiger charge is -2.10. The Bertz CT molecular complexity index is 58.2. The fourth-order valence-corrected chi connectivity index (χ4v) is 0.846. The summed E-state index contributed by atoms with van der Waals surface area (Å²) in [4.78, 5) is 0. The van der Waals surface area contributed by atoms with Gasteiger partial charge in [-0.1, -0.05) is 6.92 Å². The Labute approximate surface area is 72.8 Å². The molecular weight excluding hydrogens is 180 g/mol. The van der Waals surface area contributed by atoms with Gasteiger partial charge in [-0.3, -0.25) is 0 Å². The second-order valence-electron chi connectivity index (χ2n) is 1.74. The minimum Gasteiger partial charge on any atom is -0.219 e. The van der Waals surface area contributed by atoms with Crippen LogP contribution in [0, 0.1) is 0 Å². The lowest BCUT2D eigenvalue weighted by atomic mass is 10.5. The maximum atomic E-state index is 5.63. The van der Waals surface area contributed by atoms with E-state index in [0.717, 1.165) is 13.1 Å². The van der Waals surface area contributed by atoms with Gasteiger partial charge in [0.1, 0.15) is 0 Å². The van der Waals surface area contributed by atoms with E-state index in [2.05, 4.69) is 0 Å². The highest BCUT2D eigenvalue weighted by Crippen LogP contribution is 2.00. The van der Waals surface area contributed by atoms with Crippen LogP contribution in [0.25, 0.3) is 0 Å². The third kappa shape index (κ3) is 8.83. The summed E-state index contributed by atoms with van der Waals surface area (Å²) in [6.45, 7) is 5.51. The van der Waals surface area contributed by atoms with Crippen LogP contribution >= 0.6 is 35.8 Å². The van der Waals surface area contributed by atoms with E-state index < -0.39 is 0 Å². The van der Waals surface area contributed by atoms with Gasteiger partial charge in [-0.05, 0) is 18.7 Å². The van der Waals surface area contributed by atoms with Gasteiger partial charge in [-0.15, -0.1) is 24.0 Å². The average molecular weight is 193 g/mol. The second-order valence-corrected chi connectivity index (χ2v) is 2.97. The molecule has 0 saturated heterocycles. The van der Waals surface area contributed by atoms with Crippen LogP contribution in [0.5, 0.6) is 0 Å². The first-order chi connectivity index (χ1) is 3.66. The van der Waals surface area contributed by atoms with Gasteiger partial charge in [0.15, 0.2) is 0 Å². The molecule has 9 heavy (non-hydrogen) atoms. The smallest absolute Gasteiger partial charge is 0.0448 e. The molecule has 0 aromatic rings. The molecular formula is C5H12Cl3N. The van der Waals surface area contributed by atoms with Crippen LogP contribution in [0.3, 0.4) is 0 Å². The Morgan fingerprint density at radius 3 is 2.11 bits per heavy atom. The van der Waals surface area contributed by atoms with Crippen molar-refractivity contribution in [3.63, 3.8) is 0 Å². The van der Waals surface area contributed by atoms with Crippen LogP contribution in [-0.4, -0.2) is 22.9 Å². The average Bonchev–Trinajstić information content (AvgIpc) is 1.65. The molecule has 1 unspecified atom stereocenters. The molecule has 0 spiro atoms. The van der Waals surface area contributed by atoms with Gasteiger partial charge in [0, 0.05) is 18.5 Å². The van der Waals surface area contributed by atoms with E-state index in [4.69, 9.17) is 23.4 Å². The number of rotatable bonds is 3. The summed E-state index contributed by atoms with van der Waals surface area (Å²) in [6.07, 6.45) is 0. The van der Waals surface area contributed by atoms with Crippen molar-refractivity contribution in [2.45, 2.75) is 19.2 Å². The predicted octanol–water partition coefficient (Wildman–Crippen LogP) is 2.51. The number of alkyl halides is 1. The quantitative estimate of drug-likeness (QED) is 0.491. The molecule has 0 saturated carbocycles. The number of nitrogens with zero attached hydrogens (tertiary/aromatic N) is 1. The summed E-state index contributed by atoms with van der Waals surface area (Å²) >= 11 is 11.2. The third-order valence-corrected chi connectivity index (χ3v) is 1.31. The zero-order valence-corrected chi connectivity index (χ0v) is 7.93. The van der Waals surface area contributed by atoms with Gasteiger partial charge < -0.3 is 0 Å². The van der Waals surface area contributed by atoms with Crippen molar-refractivity contribution >= 4 is 35.8 Å². The zero-order chi connectivity index (χ0) is 6.57. The molecule has 0 heterocycles. The molecule has 0 N–H and O–H groups in total. The number of hydrogen-bond acceptors (Lipinski definition) is 1. The molecule has 0 rings (SSSR count). The van der Waals surface area contributed by atoms with Crippen molar-refractivity contribution in [1.82, 2.24) is 4.42 Å². The Morgan fingerprint density at radius 1 is 1.56 bits per heavy atom. The maximum Gasteiger partial charge on any atom is 0.0448 e. The van der Waals surface area contributed by atoms with Gasteiger partial charge in [0.2, 0.25) is 0 Å². The summed E-state index contributed by atoms with van der Waals surface area (Å²) in [5.74, 6) is 0. The van der Waals surface area contributed by atoms with Crippen LogP contribution < -0.4 is 0 Å². The van der Waals surface area contributed by atoms with Crippen molar-refractivity contribution in [3.05, 3.63) is 0 Å². The molecule has 0 fully saturated rings. The summed E-state index contributed by atoms with van der Waals surface area (Å²) in [5, 5.41) is 0.146. The molecule has 4 heteroatoms. The van der Waals surface area contributed by atoms with Gasteiger partial charge in [-0.2, -0.15) is 0 Å². The fourth-order valence-electron chi connectivity index (χ4n) is 0.402. The zero-order valence-electron chi connectivity index (χ0n) is 5.60. The number of halogens is 3. The predicted molar refractivity (Wildman–Crippen MR) is 45.7 cm³/mol. The lowest BCUT2D eigenvalue weighted by molar-refractivity contribution is 0.481. The molecule has 1 atom stereocenters. The Morgan fingerprint density at radius 2 is 2.00 bits per heavy atom. The highest BCUT2D eigenvalue weighted by molar-refractivity contribution is 6.21. The molecule has 0 aliphatic carbocycles. The Balaban J connectivity index is 0. The van der Waals surface area contributed by atoms with Crippen molar-refractivity contribution in [2.24, 2.45) is 0 Å². The summed E-state index contributed by atoms with van der Waals surface area (Å²) in [5.41, 5.74) is 0. The SMILES string of the molecule is CCN(Cl)CC(C)Cl.Cl. The molecule has 0 radical (unpaired) electrons. The van der Waals surface area contributed by atoms with Gasteiger partial charge >= 0.3 is 0 Å². The second kappa shape index (κ2) is 6.94. The molecule has 58 valence electrons. The van der Waals surface area contributed by atoms with E-state index in [-0.39, 0.29) is 17.8 Å². The summed E-state index contributed by atoms with van der Waals surface area (Å²) in [7, 11) is 0. The van der Waals surface area contributed by atoms with E-state index >= 15 is 0 Å². The molecule has 1 nitrogen and oxygen atoms in total. The van der Waals surface area contributed by atoms with Crippen molar-refractivity contribution in [2.75, 3.05) is 13.1 Å². The molecule has 0 aliphatic heterocycles. The number of hydrogen-bond donors (Lipinski definition) is 0. The normalized spacial score (nSPS) is 13.0. The van der Waals surface area contributed by atoms with Crippen molar-refractivity contribution < 1.29 is 0 Å². The fraction of sp³-hybridized carbons (Fsp3) is 1.00. The van der Waals surface area contributed by atoms with Crippen LogP contribution in [-0.2, 0) is 0 Å². The van der Waals surface area contributed by atoms with E-state index in [1.807, 2.05) is 13.8 Å². The standard InChI is InChI=1S/C5H11Cl2N.ClH/c1-3-8(7)4-5(2)6;/h5H,3-4H2,1-2H3;1H. The third-order valence-electron chi connectivity index (χ3n) is 0.793. The molecule has 0 bridgehead atoms. The highest BCUT2D eigenvalue weighted by atomic mass is 35.5. The lowest BCUT2D eigenvalue weighted by Crippen LogP contribution is -2.18. The minimum atomic E-state index is 0. The van der Waals surface area contributed by atoms with E-state index in [1.54, 1.807) is 4.42 Å². The van der Waals surface area contributed by atoms with Gasteiger partial charge in [0.25, 0.3) is 0 Å². The van der Waals surface area contributed by atoms with E-state index in [0.29, 0.717) is 0 Å². The molecule has 0 amide bonds. The first-order valence-corrected chi connectivity index (χ1v) is 3.49. The van der Waals surface area contributed by atoms with Crippen LogP contribution in [0.4, 0.5) is 0 Å².